The first-order valence-electron chi connectivity index (χ1n) is 6.40. The molecule has 3 heteroatoms. The van der Waals surface area contributed by atoms with E-state index in [0.717, 1.165) is 6.54 Å². The van der Waals surface area contributed by atoms with Crippen LogP contribution in [0.2, 0.25) is 0 Å². The molecule has 2 rings (SSSR count). The summed E-state index contributed by atoms with van der Waals surface area (Å²) in [6.45, 7) is 9.77. The van der Waals surface area contributed by atoms with Crippen LogP contribution >= 0.6 is 0 Å². The predicted molar refractivity (Wildman–Crippen MR) is 74.2 cm³/mol. The number of rotatable bonds is 3. The number of benzene rings is 1. The zero-order chi connectivity index (χ0) is 13.6. The molecule has 0 unspecified atom stereocenters. The Labute approximate surface area is 109 Å². The Kier molecular flexibility index (Phi) is 2.88. The molecule has 1 aromatic rings. The van der Waals surface area contributed by atoms with E-state index in [1.807, 2.05) is 0 Å². The highest BCUT2D eigenvalue weighted by atomic mass is 16.1. The molecule has 0 spiro atoms. The summed E-state index contributed by atoms with van der Waals surface area (Å²) < 4.78 is 0. The number of nitrogens with one attached hydrogen (secondary N) is 1. The van der Waals surface area contributed by atoms with Crippen molar-refractivity contribution in [3.05, 3.63) is 29.8 Å². The number of nitrogens with two attached hydrogens (primary N) is 1. The van der Waals surface area contributed by atoms with E-state index in [4.69, 9.17) is 5.73 Å². The summed E-state index contributed by atoms with van der Waals surface area (Å²) in [4.78, 5) is 12.0. The second-order valence-electron chi connectivity index (χ2n) is 6.33. The van der Waals surface area contributed by atoms with E-state index in [0.29, 0.717) is 28.0 Å². The molecular weight excluding hydrogens is 224 g/mol. The van der Waals surface area contributed by atoms with Gasteiger partial charge in [-0.2, -0.15) is 0 Å². The maximum atomic E-state index is 12.0. The van der Waals surface area contributed by atoms with Crippen molar-refractivity contribution in [3.63, 3.8) is 0 Å². The van der Waals surface area contributed by atoms with Crippen LogP contribution in [-0.2, 0) is 0 Å². The fraction of sp³-hybridized carbons (Fsp3) is 0.533. The quantitative estimate of drug-likeness (QED) is 0.806. The lowest BCUT2D eigenvalue weighted by Gasteiger charge is -2.06. The number of anilines is 1. The van der Waals surface area contributed by atoms with Crippen molar-refractivity contribution < 1.29 is 4.79 Å². The van der Waals surface area contributed by atoms with Gasteiger partial charge in [0, 0.05) is 17.8 Å². The lowest BCUT2D eigenvalue weighted by atomic mass is 10.0. The fourth-order valence-electron chi connectivity index (χ4n) is 2.77. The highest BCUT2D eigenvalue weighted by Crippen LogP contribution is 2.67. The normalized spacial score (nSPS) is 20.4. The minimum atomic E-state index is -0.0199. The van der Waals surface area contributed by atoms with Gasteiger partial charge in [-0.3, -0.25) is 4.79 Å². The number of hydrogen-bond donors (Lipinski definition) is 2. The summed E-state index contributed by atoms with van der Waals surface area (Å²) in [5, 5.41) is 3.01. The highest BCUT2D eigenvalue weighted by molar-refractivity contribution is 5.94. The van der Waals surface area contributed by atoms with Gasteiger partial charge >= 0.3 is 0 Å². The Morgan fingerprint density at radius 2 is 1.67 bits per heavy atom. The van der Waals surface area contributed by atoms with Gasteiger partial charge in [0.05, 0.1) is 0 Å². The number of carbonyl (C=O) groups is 1. The topological polar surface area (TPSA) is 55.1 Å². The minimum Gasteiger partial charge on any atom is -0.399 e. The zero-order valence-corrected chi connectivity index (χ0v) is 11.6. The predicted octanol–water partition coefficient (Wildman–Crippen LogP) is 2.68. The minimum absolute atomic E-state index is 0.0199. The molecule has 0 radical (unpaired) electrons. The van der Waals surface area contributed by atoms with Crippen LogP contribution in [0.1, 0.15) is 38.1 Å². The van der Waals surface area contributed by atoms with Crippen molar-refractivity contribution >= 4 is 11.6 Å². The van der Waals surface area contributed by atoms with E-state index < -0.39 is 0 Å². The lowest BCUT2D eigenvalue weighted by Crippen LogP contribution is -2.27. The molecule has 98 valence electrons. The smallest absolute Gasteiger partial charge is 0.251 e. The first-order valence-corrected chi connectivity index (χ1v) is 6.40. The van der Waals surface area contributed by atoms with Crippen LogP contribution in [-0.4, -0.2) is 12.5 Å². The lowest BCUT2D eigenvalue weighted by molar-refractivity contribution is 0.0950. The third-order valence-corrected chi connectivity index (χ3v) is 4.96. The third-order valence-electron chi connectivity index (χ3n) is 4.96. The van der Waals surface area contributed by atoms with Crippen molar-refractivity contribution in [2.45, 2.75) is 27.7 Å². The Hall–Kier alpha value is -1.51. The van der Waals surface area contributed by atoms with Gasteiger partial charge < -0.3 is 11.1 Å². The van der Waals surface area contributed by atoms with Crippen LogP contribution in [0.15, 0.2) is 24.3 Å². The zero-order valence-electron chi connectivity index (χ0n) is 11.6. The molecule has 1 aliphatic carbocycles. The molecule has 3 nitrogen and oxygen atoms in total. The summed E-state index contributed by atoms with van der Waals surface area (Å²) in [6.07, 6.45) is 0. The van der Waals surface area contributed by atoms with E-state index in [1.165, 1.54) is 0 Å². The Morgan fingerprint density at radius 1 is 1.17 bits per heavy atom. The van der Waals surface area contributed by atoms with Crippen LogP contribution in [0.25, 0.3) is 0 Å². The van der Waals surface area contributed by atoms with Crippen molar-refractivity contribution in [2.75, 3.05) is 12.3 Å². The first kappa shape index (κ1) is 12.9. The van der Waals surface area contributed by atoms with Gasteiger partial charge in [-0.15, -0.1) is 0 Å². The Balaban J connectivity index is 1.92. The molecule has 0 heterocycles. The largest absolute Gasteiger partial charge is 0.399 e. The number of nitrogen functional groups attached to an aromatic ring is 1. The molecule has 0 aromatic heterocycles. The molecule has 1 aromatic carbocycles. The summed E-state index contributed by atoms with van der Waals surface area (Å²) in [6, 6.07) is 7.02. The number of carbonyl (C=O) groups excluding carboxylic acids is 1. The molecule has 1 fully saturated rings. The van der Waals surface area contributed by atoms with Crippen molar-refractivity contribution in [1.82, 2.24) is 5.32 Å². The molecule has 1 aliphatic rings. The Bertz CT molecular complexity index is 446. The monoisotopic (exact) mass is 246 g/mol. The summed E-state index contributed by atoms with van der Waals surface area (Å²) in [7, 11) is 0. The van der Waals surface area contributed by atoms with Crippen LogP contribution in [0.3, 0.4) is 0 Å². The average molecular weight is 246 g/mol. The first-order chi connectivity index (χ1) is 8.26. The summed E-state index contributed by atoms with van der Waals surface area (Å²) >= 11 is 0. The SMILES string of the molecule is CC1(C)C(CNC(=O)c2ccc(N)cc2)C1(C)C. The van der Waals surface area contributed by atoms with Gasteiger partial charge in [0.2, 0.25) is 0 Å². The van der Waals surface area contributed by atoms with Crippen LogP contribution < -0.4 is 11.1 Å². The number of hydrogen-bond acceptors (Lipinski definition) is 2. The van der Waals surface area contributed by atoms with Crippen LogP contribution in [0, 0.1) is 16.7 Å². The molecule has 0 aliphatic heterocycles. The van der Waals surface area contributed by atoms with Gasteiger partial charge in [-0.1, -0.05) is 27.7 Å². The van der Waals surface area contributed by atoms with Gasteiger partial charge in [-0.05, 0) is 41.0 Å². The highest BCUT2D eigenvalue weighted by Gasteiger charge is 2.64. The molecular formula is C15H22N2O. The maximum absolute atomic E-state index is 12.0. The van der Waals surface area contributed by atoms with Gasteiger partial charge in [0.15, 0.2) is 0 Å². The van der Waals surface area contributed by atoms with E-state index in [1.54, 1.807) is 24.3 Å². The molecule has 18 heavy (non-hydrogen) atoms. The fourth-order valence-corrected chi connectivity index (χ4v) is 2.77. The van der Waals surface area contributed by atoms with E-state index in [2.05, 4.69) is 33.0 Å². The van der Waals surface area contributed by atoms with Gasteiger partial charge in [0.1, 0.15) is 0 Å². The van der Waals surface area contributed by atoms with Crippen molar-refractivity contribution in [2.24, 2.45) is 16.7 Å². The maximum Gasteiger partial charge on any atom is 0.251 e. The van der Waals surface area contributed by atoms with E-state index in [-0.39, 0.29) is 5.91 Å². The molecule has 0 saturated heterocycles. The molecule has 1 amide bonds. The van der Waals surface area contributed by atoms with E-state index >= 15 is 0 Å². The second kappa shape index (κ2) is 4.01. The van der Waals surface area contributed by atoms with Crippen molar-refractivity contribution in [3.8, 4) is 0 Å². The summed E-state index contributed by atoms with van der Waals surface area (Å²) in [5.74, 6) is 0.524. The molecule has 0 atom stereocenters. The van der Waals surface area contributed by atoms with Crippen LogP contribution in [0.5, 0.6) is 0 Å². The molecule has 1 saturated carbocycles. The van der Waals surface area contributed by atoms with Gasteiger partial charge in [-0.25, -0.2) is 0 Å². The summed E-state index contributed by atoms with van der Waals surface area (Å²) in [5.41, 5.74) is 7.56. The van der Waals surface area contributed by atoms with E-state index in [9.17, 15) is 4.79 Å². The van der Waals surface area contributed by atoms with Crippen LogP contribution in [0.4, 0.5) is 5.69 Å². The molecule has 3 N–H and O–H groups in total. The van der Waals surface area contributed by atoms with Gasteiger partial charge in [0.25, 0.3) is 5.91 Å². The average Bonchev–Trinajstić information content (AvgIpc) is 2.67. The van der Waals surface area contributed by atoms with Crippen molar-refractivity contribution in [1.29, 1.82) is 0 Å². The molecule has 0 bridgehead atoms. The number of amides is 1. The Morgan fingerprint density at radius 3 is 2.11 bits per heavy atom. The second-order valence-corrected chi connectivity index (χ2v) is 6.33. The third kappa shape index (κ3) is 1.98. The standard InChI is InChI=1S/C15H22N2O/c1-14(2)12(15(14,3)4)9-17-13(18)10-5-7-11(16)8-6-10/h5-8,12H,9,16H2,1-4H3,(H,17,18).